The summed E-state index contributed by atoms with van der Waals surface area (Å²) in [4.78, 5) is 13.0. The fourth-order valence-electron chi connectivity index (χ4n) is 8.86. The van der Waals surface area contributed by atoms with Crippen molar-refractivity contribution in [3.8, 4) is 11.5 Å². The molecule has 0 spiro atoms. The standard InChI is InChI=1S/C38H43N3O7S2/c1-24(42)9-3-2-4-16-39-49(43,44)27-14-15-28(33(23-27)50(45,46)47)34-31-21-25-10-5-17-40-19-7-12-29(35(25)40)37(31)48-38-30-13-8-20-41-18-6-11-26(36(30)41)22-32(34)38/h14-15,21-23,39H,2-13,16-20H2,1H3/p+1. The number of rotatable bonds is 10. The number of ether oxygens (including phenoxy) is 1. The minimum atomic E-state index is -4.87. The number of anilines is 1. The lowest BCUT2D eigenvalue weighted by molar-refractivity contribution is -0.117. The molecule has 0 aliphatic carbocycles. The van der Waals surface area contributed by atoms with Gasteiger partial charge in [0.05, 0.1) is 10.5 Å². The maximum absolute atomic E-state index is 13.4. The Labute approximate surface area is 293 Å². The van der Waals surface area contributed by atoms with Crippen molar-refractivity contribution in [1.29, 1.82) is 0 Å². The van der Waals surface area contributed by atoms with Crippen molar-refractivity contribution in [2.75, 3.05) is 37.6 Å². The first-order valence-electron chi connectivity index (χ1n) is 18.1. The van der Waals surface area contributed by atoms with Crippen LogP contribution in [0.5, 0.6) is 11.5 Å². The van der Waals surface area contributed by atoms with Gasteiger partial charge in [-0.3, -0.25) is 4.55 Å². The van der Waals surface area contributed by atoms with E-state index in [2.05, 4.69) is 26.3 Å². The molecule has 5 aliphatic rings. The summed E-state index contributed by atoms with van der Waals surface area (Å²) in [5.74, 6) is 1.58. The first kappa shape index (κ1) is 33.6. The van der Waals surface area contributed by atoms with Crippen LogP contribution in [0.3, 0.4) is 0 Å². The quantitative estimate of drug-likeness (QED) is 0.144. The summed E-state index contributed by atoms with van der Waals surface area (Å²) < 4.78 is 76.2. The van der Waals surface area contributed by atoms with Gasteiger partial charge in [0.25, 0.3) is 10.1 Å². The summed E-state index contributed by atoms with van der Waals surface area (Å²) in [7, 11) is -8.97. The monoisotopic (exact) mass is 718 g/mol. The van der Waals surface area contributed by atoms with Crippen LogP contribution in [0.15, 0.2) is 40.1 Å². The predicted octanol–water partition coefficient (Wildman–Crippen LogP) is 3.80. The van der Waals surface area contributed by atoms with E-state index in [9.17, 15) is 26.2 Å². The highest BCUT2D eigenvalue weighted by Crippen LogP contribution is 2.49. The van der Waals surface area contributed by atoms with E-state index in [1.54, 1.807) is 0 Å². The minimum Gasteiger partial charge on any atom is -0.455 e. The van der Waals surface area contributed by atoms with E-state index in [0.717, 1.165) is 117 Å². The lowest BCUT2D eigenvalue weighted by atomic mass is 9.82. The maximum atomic E-state index is 13.4. The van der Waals surface area contributed by atoms with E-state index in [4.69, 9.17) is 4.74 Å². The van der Waals surface area contributed by atoms with Gasteiger partial charge in [0.2, 0.25) is 15.4 Å². The predicted molar refractivity (Wildman–Crippen MR) is 191 cm³/mol. The van der Waals surface area contributed by atoms with Gasteiger partial charge in [-0.05, 0) is 88.1 Å². The number of unbranched alkanes of at least 4 members (excludes halogenated alkanes) is 2. The third-order valence-corrected chi connectivity index (χ3v) is 13.3. The van der Waals surface area contributed by atoms with E-state index >= 15 is 0 Å². The molecule has 8 rings (SSSR count). The highest BCUT2D eigenvalue weighted by Gasteiger charge is 2.37. The van der Waals surface area contributed by atoms with E-state index < -0.39 is 25.0 Å². The SMILES string of the molecule is CC(=O)CCCCCNS(=O)(=O)c1ccc(C2=c3cc4c5c(c3Oc3c2cc2c6c3CCCN6CCC2)CCC[N+]=5CCC4)c(S(=O)(=O)O)c1. The number of benzene rings is 3. The molecule has 0 fully saturated rings. The number of Topliss-reactive ketones (excluding diaryl/α,β-unsaturated/α-hetero) is 1. The van der Waals surface area contributed by atoms with E-state index in [1.165, 1.54) is 41.2 Å². The molecule has 0 saturated heterocycles. The summed E-state index contributed by atoms with van der Waals surface area (Å²) >= 11 is 0. The minimum absolute atomic E-state index is 0.0960. The van der Waals surface area contributed by atoms with Crippen LogP contribution < -0.4 is 29.5 Å². The number of aryl methyl sites for hydroxylation is 2. The first-order valence-corrected chi connectivity index (χ1v) is 21.0. The topological polar surface area (TPSA) is 133 Å². The van der Waals surface area contributed by atoms with Crippen LogP contribution in [0.4, 0.5) is 5.69 Å². The van der Waals surface area contributed by atoms with E-state index in [-0.39, 0.29) is 22.8 Å². The van der Waals surface area contributed by atoms with Crippen molar-refractivity contribution in [2.45, 2.75) is 93.8 Å². The Balaban J connectivity index is 1.33. The van der Waals surface area contributed by atoms with Crippen LogP contribution in [0.2, 0.25) is 0 Å². The molecule has 0 atom stereocenters. The van der Waals surface area contributed by atoms with Crippen molar-refractivity contribution in [1.82, 2.24) is 9.30 Å². The average Bonchev–Trinajstić information content (AvgIpc) is 3.09. The van der Waals surface area contributed by atoms with Crippen LogP contribution in [-0.4, -0.2) is 59.9 Å². The summed E-state index contributed by atoms with van der Waals surface area (Å²) in [5.41, 5.74) is 7.64. The second-order valence-electron chi connectivity index (χ2n) is 14.4. The van der Waals surface area contributed by atoms with Gasteiger partial charge >= 0.3 is 0 Å². The maximum Gasteiger partial charge on any atom is 0.295 e. The summed E-state index contributed by atoms with van der Waals surface area (Å²) in [6.45, 7) is 5.66. The van der Waals surface area contributed by atoms with Crippen LogP contribution >= 0.6 is 0 Å². The van der Waals surface area contributed by atoms with Crippen molar-refractivity contribution in [2.24, 2.45) is 0 Å². The normalized spacial score (nSPS) is 17.8. The molecular formula is C38H44N3O7S2+. The molecule has 0 amide bonds. The summed E-state index contributed by atoms with van der Waals surface area (Å²) in [6.07, 6.45) is 9.88. The number of nitrogens with one attached hydrogen (secondary N) is 1. The highest BCUT2D eigenvalue weighted by atomic mass is 32.2. The van der Waals surface area contributed by atoms with Gasteiger partial charge < -0.3 is 14.4 Å². The Morgan fingerprint density at radius 3 is 2.38 bits per heavy atom. The van der Waals surface area contributed by atoms with Gasteiger partial charge in [0.1, 0.15) is 35.3 Å². The Hall–Kier alpha value is -3.58. The zero-order valence-corrected chi connectivity index (χ0v) is 30.1. The first-order chi connectivity index (χ1) is 24.0. The Morgan fingerprint density at radius 1 is 0.860 bits per heavy atom. The molecule has 12 heteroatoms. The number of hydrogen-bond donors (Lipinski definition) is 2. The number of nitrogens with zero attached hydrogens (tertiary/aromatic N) is 2. The van der Waals surface area contributed by atoms with Gasteiger partial charge in [0.15, 0.2) is 0 Å². The van der Waals surface area contributed by atoms with Crippen LogP contribution in [0.1, 0.15) is 91.7 Å². The molecule has 5 heterocycles. The molecule has 3 aromatic carbocycles. The molecule has 3 aromatic rings. The van der Waals surface area contributed by atoms with Gasteiger partial charge in [0, 0.05) is 77.6 Å². The lowest BCUT2D eigenvalue weighted by Crippen LogP contribution is -2.45. The molecule has 264 valence electrons. The molecule has 2 N–H and O–H groups in total. The van der Waals surface area contributed by atoms with Crippen molar-refractivity contribution in [3.63, 3.8) is 0 Å². The molecule has 5 aliphatic heterocycles. The fraction of sp³-hybridized carbons (Fsp3) is 0.474. The summed E-state index contributed by atoms with van der Waals surface area (Å²) in [5, 5.41) is 2.02. The van der Waals surface area contributed by atoms with E-state index in [0.29, 0.717) is 31.3 Å². The van der Waals surface area contributed by atoms with Gasteiger partial charge in [-0.25, -0.2) is 17.7 Å². The third kappa shape index (κ3) is 5.87. The van der Waals surface area contributed by atoms with Crippen LogP contribution in [0, 0.1) is 0 Å². The number of carbonyl (C=O) groups is 1. The number of carbonyl (C=O) groups excluding carboxylic acids is 1. The molecule has 50 heavy (non-hydrogen) atoms. The van der Waals surface area contributed by atoms with Gasteiger partial charge in [-0.2, -0.15) is 8.42 Å². The fourth-order valence-corrected chi connectivity index (χ4v) is 10.8. The van der Waals surface area contributed by atoms with Crippen LogP contribution in [-0.2, 0) is 50.6 Å². The van der Waals surface area contributed by atoms with Crippen molar-refractivity contribution >= 4 is 37.2 Å². The average molecular weight is 719 g/mol. The molecule has 0 saturated carbocycles. The smallest absolute Gasteiger partial charge is 0.295 e. The largest absolute Gasteiger partial charge is 0.455 e. The molecule has 0 radical (unpaired) electrons. The van der Waals surface area contributed by atoms with Crippen molar-refractivity contribution in [3.05, 3.63) is 74.3 Å². The Morgan fingerprint density at radius 2 is 1.60 bits per heavy atom. The number of ketones is 1. The second kappa shape index (κ2) is 12.9. The second-order valence-corrected chi connectivity index (χ2v) is 17.5. The number of hydrogen-bond acceptors (Lipinski definition) is 7. The van der Waals surface area contributed by atoms with E-state index in [1.807, 2.05) is 0 Å². The molecule has 0 aromatic heterocycles. The van der Waals surface area contributed by atoms with Crippen molar-refractivity contribution < 1.29 is 30.9 Å². The van der Waals surface area contributed by atoms with Gasteiger partial charge in [-0.1, -0.05) is 12.5 Å². The zero-order valence-electron chi connectivity index (χ0n) is 28.5. The number of fused-ring (bicyclic) bond motifs is 4. The Bertz CT molecular complexity index is 2290. The van der Waals surface area contributed by atoms with Gasteiger partial charge in [-0.15, -0.1) is 0 Å². The molecule has 0 bridgehead atoms. The highest BCUT2D eigenvalue weighted by molar-refractivity contribution is 7.89. The summed E-state index contributed by atoms with van der Waals surface area (Å²) in [6, 6.07) is 8.34. The zero-order chi connectivity index (χ0) is 34.8. The third-order valence-electron chi connectivity index (χ3n) is 11.0. The molecule has 10 nitrogen and oxygen atoms in total. The molecule has 0 unspecified atom stereocenters. The lowest BCUT2D eigenvalue weighted by Gasteiger charge is -2.39. The number of sulfonamides is 1. The Kier molecular flexibility index (Phi) is 8.64. The van der Waals surface area contributed by atoms with Crippen LogP contribution in [0.25, 0.3) is 5.57 Å². The molecular weight excluding hydrogens is 675 g/mol.